The maximum absolute atomic E-state index is 12.4. The zero-order valence-electron chi connectivity index (χ0n) is 13.3. The van der Waals surface area contributed by atoms with Crippen molar-refractivity contribution in [1.29, 1.82) is 0 Å². The molecule has 3 rings (SSSR count). The van der Waals surface area contributed by atoms with Crippen molar-refractivity contribution in [1.82, 2.24) is 10.3 Å². The summed E-state index contributed by atoms with van der Waals surface area (Å²) in [4.78, 5) is 27.1. The van der Waals surface area contributed by atoms with Crippen molar-refractivity contribution in [2.45, 2.75) is 25.3 Å². The fourth-order valence-corrected chi connectivity index (χ4v) is 2.58. The molecule has 0 spiro atoms. The van der Waals surface area contributed by atoms with Crippen LogP contribution in [-0.2, 0) is 5.54 Å². The summed E-state index contributed by atoms with van der Waals surface area (Å²) in [5.41, 5.74) is 0.924. The predicted molar refractivity (Wildman–Crippen MR) is 87.2 cm³/mol. The first-order valence-corrected chi connectivity index (χ1v) is 7.79. The molecule has 0 atom stereocenters. The van der Waals surface area contributed by atoms with Gasteiger partial charge in [-0.25, -0.2) is 4.79 Å². The first-order valence-electron chi connectivity index (χ1n) is 7.79. The molecule has 1 amide bonds. The van der Waals surface area contributed by atoms with Crippen LogP contribution in [0.5, 0.6) is 5.75 Å². The standard InChI is InChI=1S/C18H18N2O4/c1-2-24-14-6-4-13(5-7-14)18(9-10-18)20-16(21)15-8-3-12(11-19-15)17(22)23/h3-8,11H,2,9-10H2,1H3,(H,20,21)(H,22,23). The molecule has 0 bridgehead atoms. The molecule has 24 heavy (non-hydrogen) atoms. The van der Waals surface area contributed by atoms with Gasteiger partial charge in [-0.05, 0) is 49.6 Å². The molecular formula is C18H18N2O4. The van der Waals surface area contributed by atoms with Gasteiger partial charge in [-0.15, -0.1) is 0 Å². The molecule has 1 saturated carbocycles. The van der Waals surface area contributed by atoms with Gasteiger partial charge in [0, 0.05) is 6.20 Å². The number of pyridine rings is 1. The van der Waals surface area contributed by atoms with Crippen LogP contribution in [-0.4, -0.2) is 28.6 Å². The zero-order valence-corrected chi connectivity index (χ0v) is 13.3. The van der Waals surface area contributed by atoms with E-state index in [2.05, 4.69) is 10.3 Å². The number of carboxylic acid groups (broad SMARTS) is 1. The van der Waals surface area contributed by atoms with Crippen LogP contribution in [0.1, 0.15) is 46.2 Å². The summed E-state index contributed by atoms with van der Waals surface area (Å²) >= 11 is 0. The quantitative estimate of drug-likeness (QED) is 0.852. The van der Waals surface area contributed by atoms with Gasteiger partial charge in [-0.3, -0.25) is 9.78 Å². The first-order chi connectivity index (χ1) is 11.5. The van der Waals surface area contributed by atoms with E-state index in [9.17, 15) is 9.59 Å². The fraction of sp³-hybridized carbons (Fsp3) is 0.278. The van der Waals surface area contributed by atoms with Crippen molar-refractivity contribution in [2.24, 2.45) is 0 Å². The van der Waals surface area contributed by atoms with Crippen LogP contribution in [0.3, 0.4) is 0 Å². The van der Waals surface area contributed by atoms with E-state index in [1.165, 1.54) is 18.3 Å². The molecule has 124 valence electrons. The van der Waals surface area contributed by atoms with Gasteiger partial charge in [0.1, 0.15) is 11.4 Å². The lowest BCUT2D eigenvalue weighted by Gasteiger charge is -2.18. The molecule has 1 aromatic carbocycles. The number of hydrogen-bond acceptors (Lipinski definition) is 4. The monoisotopic (exact) mass is 326 g/mol. The molecule has 1 aliphatic rings. The van der Waals surface area contributed by atoms with Crippen LogP contribution in [0.2, 0.25) is 0 Å². The van der Waals surface area contributed by atoms with Crippen LogP contribution >= 0.6 is 0 Å². The molecule has 6 heteroatoms. The number of carboxylic acids is 1. The third-order valence-corrected chi connectivity index (χ3v) is 4.06. The molecular weight excluding hydrogens is 308 g/mol. The van der Waals surface area contributed by atoms with Crippen molar-refractivity contribution < 1.29 is 19.4 Å². The number of nitrogens with zero attached hydrogens (tertiary/aromatic N) is 1. The molecule has 0 saturated heterocycles. The van der Waals surface area contributed by atoms with Gasteiger partial charge in [-0.2, -0.15) is 0 Å². The van der Waals surface area contributed by atoms with Gasteiger partial charge < -0.3 is 15.2 Å². The second-order valence-corrected chi connectivity index (χ2v) is 5.73. The Kier molecular flexibility index (Phi) is 4.20. The van der Waals surface area contributed by atoms with E-state index in [4.69, 9.17) is 9.84 Å². The van der Waals surface area contributed by atoms with Crippen molar-refractivity contribution in [2.75, 3.05) is 6.61 Å². The van der Waals surface area contributed by atoms with Crippen LogP contribution in [0.25, 0.3) is 0 Å². The zero-order chi connectivity index (χ0) is 17.2. The Labute approximate surface area is 139 Å². The van der Waals surface area contributed by atoms with Crippen LogP contribution < -0.4 is 10.1 Å². The minimum Gasteiger partial charge on any atom is -0.494 e. The Bertz CT molecular complexity index is 750. The van der Waals surface area contributed by atoms with Crippen molar-refractivity contribution in [3.63, 3.8) is 0 Å². The maximum atomic E-state index is 12.4. The second-order valence-electron chi connectivity index (χ2n) is 5.73. The number of nitrogens with one attached hydrogen (secondary N) is 1. The number of ether oxygens (including phenoxy) is 1. The molecule has 1 heterocycles. The molecule has 2 N–H and O–H groups in total. The average molecular weight is 326 g/mol. The minimum absolute atomic E-state index is 0.0548. The Morgan fingerprint density at radius 3 is 2.42 bits per heavy atom. The normalized spacial score (nSPS) is 14.7. The lowest BCUT2D eigenvalue weighted by Crippen LogP contribution is -2.35. The van der Waals surface area contributed by atoms with Crippen molar-refractivity contribution >= 4 is 11.9 Å². The van der Waals surface area contributed by atoms with E-state index < -0.39 is 5.97 Å². The second kappa shape index (κ2) is 6.31. The minimum atomic E-state index is -1.07. The van der Waals surface area contributed by atoms with Gasteiger partial charge in [0.15, 0.2) is 0 Å². The molecule has 0 aliphatic heterocycles. The van der Waals surface area contributed by atoms with E-state index in [1.807, 2.05) is 31.2 Å². The highest BCUT2D eigenvalue weighted by molar-refractivity contribution is 5.94. The third-order valence-electron chi connectivity index (χ3n) is 4.06. The summed E-state index contributed by atoms with van der Waals surface area (Å²) in [6.07, 6.45) is 2.91. The summed E-state index contributed by atoms with van der Waals surface area (Å²) in [5.74, 6) is -0.574. The van der Waals surface area contributed by atoms with E-state index in [0.717, 1.165) is 24.2 Å². The molecule has 0 unspecified atom stereocenters. The molecule has 6 nitrogen and oxygen atoms in total. The number of rotatable bonds is 6. The number of carbonyl (C=O) groups excluding carboxylic acids is 1. The van der Waals surface area contributed by atoms with E-state index in [0.29, 0.717) is 6.61 Å². The topological polar surface area (TPSA) is 88.5 Å². The molecule has 1 aliphatic carbocycles. The van der Waals surface area contributed by atoms with Gasteiger partial charge in [0.25, 0.3) is 5.91 Å². The smallest absolute Gasteiger partial charge is 0.337 e. The Morgan fingerprint density at radius 2 is 1.92 bits per heavy atom. The van der Waals surface area contributed by atoms with Crippen LogP contribution in [0.15, 0.2) is 42.6 Å². The van der Waals surface area contributed by atoms with E-state index >= 15 is 0 Å². The van der Waals surface area contributed by atoms with Gasteiger partial charge in [0.05, 0.1) is 17.7 Å². The van der Waals surface area contributed by atoms with Crippen LogP contribution in [0.4, 0.5) is 0 Å². The average Bonchev–Trinajstić information content (AvgIpc) is 3.36. The first kappa shape index (κ1) is 16.0. The molecule has 0 radical (unpaired) electrons. The van der Waals surface area contributed by atoms with Gasteiger partial charge >= 0.3 is 5.97 Å². The summed E-state index contributed by atoms with van der Waals surface area (Å²) in [7, 11) is 0. The highest BCUT2D eigenvalue weighted by atomic mass is 16.5. The molecule has 1 fully saturated rings. The number of benzene rings is 1. The Morgan fingerprint density at radius 1 is 1.21 bits per heavy atom. The SMILES string of the molecule is CCOc1ccc(C2(NC(=O)c3ccc(C(=O)O)cn3)CC2)cc1. The fourth-order valence-electron chi connectivity index (χ4n) is 2.58. The lowest BCUT2D eigenvalue weighted by molar-refractivity contribution is 0.0695. The highest BCUT2D eigenvalue weighted by Crippen LogP contribution is 2.46. The lowest BCUT2D eigenvalue weighted by atomic mass is 10.0. The summed E-state index contributed by atoms with van der Waals surface area (Å²) < 4.78 is 5.43. The van der Waals surface area contributed by atoms with Crippen molar-refractivity contribution in [3.05, 3.63) is 59.4 Å². The molecule has 1 aromatic heterocycles. The summed E-state index contributed by atoms with van der Waals surface area (Å²) in [6.45, 7) is 2.54. The van der Waals surface area contributed by atoms with Gasteiger partial charge in [0.2, 0.25) is 0 Å². The number of aromatic carboxylic acids is 1. The number of amides is 1. The summed E-state index contributed by atoms with van der Waals surface area (Å²) in [5, 5.41) is 11.9. The van der Waals surface area contributed by atoms with E-state index in [-0.39, 0.29) is 22.7 Å². The number of hydrogen-bond donors (Lipinski definition) is 2. The number of carbonyl (C=O) groups is 2. The predicted octanol–water partition coefficient (Wildman–Crippen LogP) is 2.60. The van der Waals surface area contributed by atoms with Crippen molar-refractivity contribution in [3.8, 4) is 5.75 Å². The van der Waals surface area contributed by atoms with Gasteiger partial charge in [-0.1, -0.05) is 12.1 Å². The maximum Gasteiger partial charge on any atom is 0.337 e. The Balaban J connectivity index is 1.72. The third kappa shape index (κ3) is 3.22. The molecule has 2 aromatic rings. The van der Waals surface area contributed by atoms with Crippen LogP contribution in [0, 0.1) is 0 Å². The highest BCUT2D eigenvalue weighted by Gasteiger charge is 2.45. The summed E-state index contributed by atoms with van der Waals surface area (Å²) in [6, 6.07) is 10.5. The van der Waals surface area contributed by atoms with E-state index in [1.54, 1.807) is 0 Å². The Hall–Kier alpha value is -2.89. The number of aromatic nitrogens is 1. The largest absolute Gasteiger partial charge is 0.494 e.